The summed E-state index contributed by atoms with van der Waals surface area (Å²) >= 11 is 0. The normalized spacial score (nSPS) is 13.3. The maximum atomic E-state index is 11.2. The summed E-state index contributed by atoms with van der Waals surface area (Å²) in [5.41, 5.74) is 0. The second-order valence-corrected chi connectivity index (χ2v) is 4.81. The molecule has 2 unspecified atom stereocenters. The second kappa shape index (κ2) is 9.73. The Hall–Kier alpha value is -2.12. The lowest BCUT2D eigenvalue weighted by atomic mass is 9.84. The van der Waals surface area contributed by atoms with Gasteiger partial charge in [-0.1, -0.05) is 6.42 Å². The molecule has 0 heterocycles. The van der Waals surface area contributed by atoms with Crippen LogP contribution in [0.3, 0.4) is 0 Å². The Morgan fingerprint density at radius 3 is 1.38 bits per heavy atom. The molecular formula is C13H20O8. The van der Waals surface area contributed by atoms with Crippen LogP contribution in [0.4, 0.5) is 0 Å². The Kier molecular flexibility index (Phi) is 8.75. The van der Waals surface area contributed by atoms with E-state index < -0.39 is 35.7 Å². The highest BCUT2D eigenvalue weighted by atomic mass is 16.4. The summed E-state index contributed by atoms with van der Waals surface area (Å²) in [6.45, 7) is 0. The molecule has 0 rings (SSSR count). The molecule has 0 saturated carbocycles. The number of carboxylic acids is 4. The SMILES string of the molecule is O=C(O)CCCCC(C(=O)O)C(CCCC(=O)O)C(=O)O. The van der Waals surface area contributed by atoms with Gasteiger partial charge in [-0.3, -0.25) is 19.2 Å². The zero-order valence-electron chi connectivity index (χ0n) is 11.5. The van der Waals surface area contributed by atoms with Gasteiger partial charge in [0.25, 0.3) is 0 Å². The topological polar surface area (TPSA) is 149 Å². The van der Waals surface area contributed by atoms with Gasteiger partial charge >= 0.3 is 23.9 Å². The minimum atomic E-state index is -1.27. The first kappa shape index (κ1) is 18.9. The molecule has 0 bridgehead atoms. The van der Waals surface area contributed by atoms with E-state index >= 15 is 0 Å². The number of rotatable bonds is 12. The van der Waals surface area contributed by atoms with Gasteiger partial charge in [-0.15, -0.1) is 0 Å². The molecule has 0 aliphatic carbocycles. The van der Waals surface area contributed by atoms with E-state index in [1.807, 2.05) is 0 Å². The lowest BCUT2D eigenvalue weighted by Gasteiger charge is -2.20. The summed E-state index contributed by atoms with van der Waals surface area (Å²) in [6, 6.07) is 0. The number of carbonyl (C=O) groups is 4. The van der Waals surface area contributed by atoms with E-state index in [1.54, 1.807) is 0 Å². The average molecular weight is 304 g/mol. The molecule has 0 radical (unpaired) electrons. The predicted molar refractivity (Wildman–Crippen MR) is 69.8 cm³/mol. The standard InChI is InChI=1S/C13H20O8/c14-10(15)6-2-1-4-8(12(18)19)9(13(20)21)5-3-7-11(16)17/h8-9H,1-7H2,(H,14,15)(H,16,17)(H,18,19)(H,20,21). The third-order valence-electron chi connectivity index (χ3n) is 3.18. The highest BCUT2D eigenvalue weighted by Crippen LogP contribution is 2.25. The van der Waals surface area contributed by atoms with Gasteiger partial charge in [-0.05, 0) is 25.7 Å². The first-order valence-corrected chi connectivity index (χ1v) is 6.65. The van der Waals surface area contributed by atoms with Gasteiger partial charge in [0, 0.05) is 12.8 Å². The van der Waals surface area contributed by atoms with E-state index in [0.717, 1.165) is 0 Å². The lowest BCUT2D eigenvalue weighted by Crippen LogP contribution is -2.30. The number of hydrogen-bond acceptors (Lipinski definition) is 4. The summed E-state index contributed by atoms with van der Waals surface area (Å²) < 4.78 is 0. The fraction of sp³-hybridized carbons (Fsp3) is 0.692. The first-order valence-electron chi connectivity index (χ1n) is 6.65. The molecule has 0 spiro atoms. The van der Waals surface area contributed by atoms with Crippen molar-refractivity contribution in [3.63, 3.8) is 0 Å². The van der Waals surface area contributed by atoms with Gasteiger partial charge in [-0.25, -0.2) is 0 Å². The summed E-state index contributed by atoms with van der Waals surface area (Å²) in [5, 5.41) is 35.2. The van der Waals surface area contributed by atoms with Gasteiger partial charge in [0.2, 0.25) is 0 Å². The van der Waals surface area contributed by atoms with Crippen LogP contribution in [-0.2, 0) is 19.2 Å². The minimum Gasteiger partial charge on any atom is -0.481 e. The molecule has 21 heavy (non-hydrogen) atoms. The Labute approximate surface area is 121 Å². The molecule has 4 N–H and O–H groups in total. The van der Waals surface area contributed by atoms with E-state index in [0.29, 0.717) is 6.42 Å². The van der Waals surface area contributed by atoms with Crippen LogP contribution in [0.2, 0.25) is 0 Å². The van der Waals surface area contributed by atoms with Crippen molar-refractivity contribution in [3.8, 4) is 0 Å². The number of hydrogen-bond donors (Lipinski definition) is 4. The molecule has 0 fully saturated rings. The second-order valence-electron chi connectivity index (χ2n) is 4.81. The van der Waals surface area contributed by atoms with Crippen molar-refractivity contribution in [1.29, 1.82) is 0 Å². The predicted octanol–water partition coefficient (Wildman–Crippen LogP) is 1.29. The molecule has 0 aromatic rings. The van der Waals surface area contributed by atoms with Crippen LogP contribution in [0.15, 0.2) is 0 Å². The van der Waals surface area contributed by atoms with Crippen LogP contribution >= 0.6 is 0 Å². The van der Waals surface area contributed by atoms with Crippen molar-refractivity contribution in [2.45, 2.75) is 44.9 Å². The monoisotopic (exact) mass is 304 g/mol. The Balaban J connectivity index is 4.53. The molecule has 0 aromatic carbocycles. The number of carboxylic acid groups (broad SMARTS) is 4. The molecule has 2 atom stereocenters. The van der Waals surface area contributed by atoms with Crippen molar-refractivity contribution in [2.24, 2.45) is 11.8 Å². The van der Waals surface area contributed by atoms with E-state index in [1.165, 1.54) is 0 Å². The largest absolute Gasteiger partial charge is 0.481 e. The van der Waals surface area contributed by atoms with E-state index in [-0.39, 0.29) is 38.5 Å². The third kappa shape index (κ3) is 8.61. The van der Waals surface area contributed by atoms with Gasteiger partial charge in [0.15, 0.2) is 0 Å². The van der Waals surface area contributed by atoms with Gasteiger partial charge in [-0.2, -0.15) is 0 Å². The average Bonchev–Trinajstić information content (AvgIpc) is 2.34. The smallest absolute Gasteiger partial charge is 0.307 e. The fourth-order valence-corrected chi connectivity index (χ4v) is 2.11. The summed E-state index contributed by atoms with van der Waals surface area (Å²) in [4.78, 5) is 43.1. The summed E-state index contributed by atoms with van der Waals surface area (Å²) in [6.07, 6.45) is 0.389. The van der Waals surface area contributed by atoms with Crippen LogP contribution in [0.25, 0.3) is 0 Å². The number of aliphatic carboxylic acids is 4. The van der Waals surface area contributed by atoms with Gasteiger partial charge < -0.3 is 20.4 Å². The van der Waals surface area contributed by atoms with Crippen molar-refractivity contribution >= 4 is 23.9 Å². The highest BCUT2D eigenvalue weighted by molar-refractivity contribution is 5.80. The molecular weight excluding hydrogens is 284 g/mol. The van der Waals surface area contributed by atoms with Crippen molar-refractivity contribution in [1.82, 2.24) is 0 Å². The fourth-order valence-electron chi connectivity index (χ4n) is 2.11. The minimum absolute atomic E-state index is 0.0302. The molecule has 8 heteroatoms. The van der Waals surface area contributed by atoms with E-state index in [9.17, 15) is 19.2 Å². The van der Waals surface area contributed by atoms with Crippen LogP contribution in [-0.4, -0.2) is 44.3 Å². The van der Waals surface area contributed by atoms with E-state index in [2.05, 4.69) is 0 Å². The van der Waals surface area contributed by atoms with Crippen molar-refractivity contribution in [2.75, 3.05) is 0 Å². The van der Waals surface area contributed by atoms with E-state index in [4.69, 9.17) is 20.4 Å². The molecule has 0 aromatic heterocycles. The maximum absolute atomic E-state index is 11.2. The summed E-state index contributed by atoms with van der Waals surface area (Å²) in [7, 11) is 0. The Bertz CT molecular complexity index is 390. The Morgan fingerprint density at radius 1 is 0.619 bits per heavy atom. The van der Waals surface area contributed by atoms with Gasteiger partial charge in [0.1, 0.15) is 0 Å². The molecule has 0 aliphatic heterocycles. The quantitative estimate of drug-likeness (QED) is 0.394. The van der Waals surface area contributed by atoms with Crippen LogP contribution in [0, 0.1) is 11.8 Å². The molecule has 120 valence electrons. The molecule has 0 aliphatic rings. The first-order chi connectivity index (χ1) is 9.75. The zero-order valence-corrected chi connectivity index (χ0v) is 11.5. The lowest BCUT2D eigenvalue weighted by molar-refractivity contribution is -0.154. The van der Waals surface area contributed by atoms with Crippen LogP contribution < -0.4 is 0 Å². The maximum Gasteiger partial charge on any atom is 0.307 e. The van der Waals surface area contributed by atoms with Crippen molar-refractivity contribution < 1.29 is 39.6 Å². The molecule has 0 saturated heterocycles. The number of unbranched alkanes of at least 4 members (excludes halogenated alkanes) is 1. The Morgan fingerprint density at radius 2 is 1.00 bits per heavy atom. The zero-order chi connectivity index (χ0) is 16.4. The molecule has 0 amide bonds. The van der Waals surface area contributed by atoms with Crippen LogP contribution in [0.5, 0.6) is 0 Å². The summed E-state index contributed by atoms with van der Waals surface area (Å²) in [5.74, 6) is -6.87. The van der Waals surface area contributed by atoms with Crippen LogP contribution in [0.1, 0.15) is 44.9 Å². The highest BCUT2D eigenvalue weighted by Gasteiger charge is 2.32. The van der Waals surface area contributed by atoms with Crippen molar-refractivity contribution in [3.05, 3.63) is 0 Å². The van der Waals surface area contributed by atoms with Gasteiger partial charge in [0.05, 0.1) is 11.8 Å². The third-order valence-corrected chi connectivity index (χ3v) is 3.18. The molecule has 8 nitrogen and oxygen atoms in total.